The molecular formula is C11H11BrN2O. The van der Waals surface area contributed by atoms with Gasteiger partial charge in [0.15, 0.2) is 0 Å². The normalized spacial score (nSPS) is 21.3. The van der Waals surface area contributed by atoms with E-state index in [9.17, 15) is 0 Å². The van der Waals surface area contributed by atoms with Gasteiger partial charge in [0.25, 0.3) is 0 Å². The third-order valence-electron chi connectivity index (χ3n) is 2.69. The van der Waals surface area contributed by atoms with Gasteiger partial charge in [0.05, 0.1) is 5.69 Å². The van der Waals surface area contributed by atoms with Gasteiger partial charge in [0, 0.05) is 23.5 Å². The third-order valence-corrected chi connectivity index (χ3v) is 3.16. The highest BCUT2D eigenvalue weighted by atomic mass is 79.9. The van der Waals surface area contributed by atoms with E-state index in [4.69, 9.17) is 4.74 Å². The van der Waals surface area contributed by atoms with Crippen molar-refractivity contribution in [3.63, 3.8) is 0 Å². The predicted octanol–water partition coefficient (Wildman–Crippen LogP) is 2.95. The standard InChI is InChI=1S/C11H11BrN2O/c12-8-3-4-11-13-9(7-14(11)6-8)10-2-1-5-15-10/h3-4,6-7,10H,1-2,5H2. The van der Waals surface area contributed by atoms with Gasteiger partial charge in [0.2, 0.25) is 0 Å². The lowest BCUT2D eigenvalue weighted by Crippen LogP contribution is -1.94. The molecule has 78 valence electrons. The molecule has 3 nitrogen and oxygen atoms in total. The Morgan fingerprint density at radius 2 is 2.33 bits per heavy atom. The van der Waals surface area contributed by atoms with E-state index in [1.807, 2.05) is 22.7 Å². The first-order valence-electron chi connectivity index (χ1n) is 5.09. The summed E-state index contributed by atoms with van der Waals surface area (Å²) in [6, 6.07) is 4.00. The van der Waals surface area contributed by atoms with Crippen LogP contribution in [0.25, 0.3) is 5.65 Å². The number of pyridine rings is 1. The Labute approximate surface area is 96.2 Å². The average molecular weight is 267 g/mol. The van der Waals surface area contributed by atoms with Crippen LogP contribution >= 0.6 is 15.9 Å². The van der Waals surface area contributed by atoms with Crippen molar-refractivity contribution in [3.05, 3.63) is 34.7 Å². The summed E-state index contributed by atoms with van der Waals surface area (Å²) in [5.74, 6) is 0. The molecule has 0 aromatic carbocycles. The molecule has 1 saturated heterocycles. The van der Waals surface area contributed by atoms with Crippen LogP contribution in [-0.2, 0) is 4.74 Å². The molecule has 0 saturated carbocycles. The summed E-state index contributed by atoms with van der Waals surface area (Å²) < 4.78 is 8.70. The van der Waals surface area contributed by atoms with E-state index in [0.29, 0.717) is 0 Å². The van der Waals surface area contributed by atoms with Crippen molar-refractivity contribution in [2.24, 2.45) is 0 Å². The van der Waals surface area contributed by atoms with E-state index in [0.717, 1.165) is 35.3 Å². The number of rotatable bonds is 1. The minimum atomic E-state index is 0.198. The van der Waals surface area contributed by atoms with E-state index in [1.54, 1.807) is 0 Å². The predicted molar refractivity (Wildman–Crippen MR) is 60.8 cm³/mol. The molecule has 0 radical (unpaired) electrons. The molecule has 2 aromatic rings. The molecule has 0 N–H and O–H groups in total. The van der Waals surface area contributed by atoms with Crippen LogP contribution in [0.5, 0.6) is 0 Å². The number of ether oxygens (including phenoxy) is 1. The molecule has 0 aliphatic carbocycles. The first kappa shape index (κ1) is 9.36. The van der Waals surface area contributed by atoms with Crippen molar-refractivity contribution in [2.45, 2.75) is 18.9 Å². The highest BCUT2D eigenvalue weighted by molar-refractivity contribution is 9.10. The SMILES string of the molecule is Brc1ccc2nc(C3CCCO3)cn2c1. The maximum Gasteiger partial charge on any atom is 0.137 e. The minimum absolute atomic E-state index is 0.198. The van der Waals surface area contributed by atoms with E-state index in [-0.39, 0.29) is 6.10 Å². The molecule has 3 heterocycles. The molecule has 15 heavy (non-hydrogen) atoms. The molecule has 1 fully saturated rings. The quantitative estimate of drug-likeness (QED) is 0.794. The number of nitrogens with zero attached hydrogens (tertiary/aromatic N) is 2. The molecule has 1 aliphatic rings. The monoisotopic (exact) mass is 266 g/mol. The molecule has 1 aliphatic heterocycles. The van der Waals surface area contributed by atoms with E-state index < -0.39 is 0 Å². The van der Waals surface area contributed by atoms with Gasteiger partial charge in [-0.05, 0) is 40.9 Å². The molecule has 1 unspecified atom stereocenters. The van der Waals surface area contributed by atoms with E-state index in [1.165, 1.54) is 0 Å². The first-order chi connectivity index (χ1) is 7.33. The average Bonchev–Trinajstić information content (AvgIpc) is 2.84. The number of hydrogen-bond acceptors (Lipinski definition) is 2. The molecule has 0 spiro atoms. The lowest BCUT2D eigenvalue weighted by atomic mass is 10.2. The summed E-state index contributed by atoms with van der Waals surface area (Å²) in [5.41, 5.74) is 2.02. The zero-order valence-electron chi connectivity index (χ0n) is 8.19. The summed E-state index contributed by atoms with van der Waals surface area (Å²) in [6.45, 7) is 0.863. The smallest absolute Gasteiger partial charge is 0.137 e. The molecule has 3 rings (SSSR count). The van der Waals surface area contributed by atoms with Crippen molar-refractivity contribution in [1.29, 1.82) is 0 Å². The molecule has 0 bridgehead atoms. The second kappa shape index (κ2) is 3.61. The van der Waals surface area contributed by atoms with Crippen LogP contribution in [-0.4, -0.2) is 16.0 Å². The summed E-state index contributed by atoms with van der Waals surface area (Å²) in [6.07, 6.45) is 6.49. The lowest BCUT2D eigenvalue weighted by Gasteiger charge is -2.03. The second-order valence-electron chi connectivity index (χ2n) is 3.78. The van der Waals surface area contributed by atoms with Crippen LogP contribution in [0, 0.1) is 0 Å². The molecule has 2 aromatic heterocycles. The number of imidazole rings is 1. The summed E-state index contributed by atoms with van der Waals surface area (Å²) in [7, 11) is 0. The van der Waals surface area contributed by atoms with E-state index >= 15 is 0 Å². The maximum atomic E-state index is 5.61. The number of hydrogen-bond donors (Lipinski definition) is 0. The fourth-order valence-corrected chi connectivity index (χ4v) is 2.30. The fourth-order valence-electron chi connectivity index (χ4n) is 1.95. The Balaban J connectivity index is 2.05. The topological polar surface area (TPSA) is 26.5 Å². The van der Waals surface area contributed by atoms with Gasteiger partial charge in [-0.2, -0.15) is 0 Å². The van der Waals surface area contributed by atoms with Crippen LogP contribution in [0.4, 0.5) is 0 Å². The van der Waals surface area contributed by atoms with Crippen molar-refractivity contribution in [3.8, 4) is 0 Å². The van der Waals surface area contributed by atoms with Crippen molar-refractivity contribution in [2.75, 3.05) is 6.61 Å². The summed E-state index contributed by atoms with van der Waals surface area (Å²) >= 11 is 3.45. The van der Waals surface area contributed by atoms with Crippen LogP contribution in [0.15, 0.2) is 29.0 Å². The molecular weight excluding hydrogens is 256 g/mol. The van der Waals surface area contributed by atoms with E-state index in [2.05, 4.69) is 27.1 Å². The highest BCUT2D eigenvalue weighted by Gasteiger charge is 2.20. The van der Waals surface area contributed by atoms with Gasteiger partial charge in [0.1, 0.15) is 11.8 Å². The lowest BCUT2D eigenvalue weighted by molar-refractivity contribution is 0.109. The first-order valence-corrected chi connectivity index (χ1v) is 5.88. The van der Waals surface area contributed by atoms with Gasteiger partial charge in [-0.25, -0.2) is 4.98 Å². The van der Waals surface area contributed by atoms with Crippen molar-refractivity contribution >= 4 is 21.6 Å². The van der Waals surface area contributed by atoms with Crippen LogP contribution < -0.4 is 0 Å². The zero-order valence-corrected chi connectivity index (χ0v) is 9.77. The van der Waals surface area contributed by atoms with Crippen molar-refractivity contribution < 1.29 is 4.74 Å². The third kappa shape index (κ3) is 1.68. The molecule has 0 amide bonds. The molecule has 1 atom stereocenters. The van der Waals surface area contributed by atoms with Gasteiger partial charge >= 0.3 is 0 Å². The van der Waals surface area contributed by atoms with Gasteiger partial charge in [-0.15, -0.1) is 0 Å². The Kier molecular flexibility index (Phi) is 2.25. The zero-order chi connectivity index (χ0) is 10.3. The Hall–Kier alpha value is -0.870. The fraction of sp³-hybridized carbons (Fsp3) is 0.364. The summed E-state index contributed by atoms with van der Waals surface area (Å²) in [5, 5.41) is 0. The van der Waals surface area contributed by atoms with Gasteiger partial charge in [-0.1, -0.05) is 0 Å². The van der Waals surface area contributed by atoms with Crippen LogP contribution in [0.1, 0.15) is 24.6 Å². The largest absolute Gasteiger partial charge is 0.372 e. The maximum absolute atomic E-state index is 5.61. The van der Waals surface area contributed by atoms with Gasteiger partial charge < -0.3 is 9.14 Å². The number of fused-ring (bicyclic) bond motifs is 1. The number of aromatic nitrogens is 2. The Morgan fingerprint density at radius 3 is 3.13 bits per heavy atom. The van der Waals surface area contributed by atoms with Gasteiger partial charge in [-0.3, -0.25) is 0 Å². The molecule has 4 heteroatoms. The van der Waals surface area contributed by atoms with Crippen molar-refractivity contribution in [1.82, 2.24) is 9.38 Å². The second-order valence-corrected chi connectivity index (χ2v) is 4.70. The Morgan fingerprint density at radius 1 is 1.40 bits per heavy atom. The summed E-state index contributed by atoms with van der Waals surface area (Å²) in [4.78, 5) is 4.55. The van der Waals surface area contributed by atoms with Crippen LogP contribution in [0.3, 0.4) is 0 Å². The minimum Gasteiger partial charge on any atom is -0.372 e. The van der Waals surface area contributed by atoms with Crippen LogP contribution in [0.2, 0.25) is 0 Å². The highest BCUT2D eigenvalue weighted by Crippen LogP contribution is 2.28. The Bertz CT molecular complexity index is 488. The number of halogens is 1.